The molecular weight excluding hydrogens is 326 g/mol. The molecule has 3 aromatic rings. The molecule has 0 saturated heterocycles. The molecule has 0 N–H and O–H groups in total. The minimum atomic E-state index is 0.575. The van der Waals surface area contributed by atoms with Crippen molar-refractivity contribution >= 4 is 33.6 Å². The summed E-state index contributed by atoms with van der Waals surface area (Å²) in [5, 5.41) is 4.48. The molecule has 0 aliphatic carbocycles. The van der Waals surface area contributed by atoms with E-state index in [4.69, 9.17) is 0 Å². The Balaban J connectivity index is 2.11. The summed E-state index contributed by atoms with van der Waals surface area (Å²) in [6.07, 6.45) is 5.94. The number of carbonyl (C=O) groups is 1. The molecule has 0 radical (unpaired) electrons. The van der Waals surface area contributed by atoms with Crippen molar-refractivity contribution in [2.75, 3.05) is 0 Å². The maximum atomic E-state index is 11.2. The lowest BCUT2D eigenvalue weighted by molar-refractivity contribution is 0.112. The number of pyridine rings is 1. The summed E-state index contributed by atoms with van der Waals surface area (Å²) in [5.41, 5.74) is 2.15. The maximum absolute atomic E-state index is 11.2. The van der Waals surface area contributed by atoms with Crippen LogP contribution in [0, 0.1) is 0 Å². The SMILES string of the molecule is O=Cc1cn(-c2ccncc2)nc1-c1ccc(Br)s1. The van der Waals surface area contributed by atoms with E-state index >= 15 is 0 Å². The van der Waals surface area contributed by atoms with Crippen LogP contribution in [0.5, 0.6) is 0 Å². The van der Waals surface area contributed by atoms with Crippen molar-refractivity contribution in [2.45, 2.75) is 0 Å². The van der Waals surface area contributed by atoms with Crippen molar-refractivity contribution in [3.63, 3.8) is 0 Å². The minimum absolute atomic E-state index is 0.575. The van der Waals surface area contributed by atoms with E-state index in [1.54, 1.807) is 34.6 Å². The first kappa shape index (κ1) is 12.3. The van der Waals surface area contributed by atoms with Gasteiger partial charge in [0, 0.05) is 18.6 Å². The number of rotatable bonds is 3. The molecule has 19 heavy (non-hydrogen) atoms. The highest BCUT2D eigenvalue weighted by Gasteiger charge is 2.13. The number of hydrogen-bond acceptors (Lipinski definition) is 4. The number of nitrogens with zero attached hydrogens (tertiary/aromatic N) is 3. The number of halogens is 1. The molecule has 0 aromatic carbocycles. The van der Waals surface area contributed by atoms with Crippen LogP contribution in [-0.4, -0.2) is 21.1 Å². The van der Waals surface area contributed by atoms with Gasteiger partial charge in [-0.05, 0) is 40.2 Å². The van der Waals surface area contributed by atoms with Crippen LogP contribution in [-0.2, 0) is 0 Å². The third kappa shape index (κ3) is 2.36. The third-order valence-corrected chi connectivity index (χ3v) is 4.23. The predicted octanol–water partition coefficient (Wildman–Crippen LogP) is 3.57. The summed E-state index contributed by atoms with van der Waals surface area (Å²) in [4.78, 5) is 16.1. The average molecular weight is 334 g/mol. The second kappa shape index (κ2) is 5.07. The lowest BCUT2D eigenvalue weighted by Gasteiger charge is -1.98. The van der Waals surface area contributed by atoms with Gasteiger partial charge in [-0.1, -0.05) is 0 Å². The van der Waals surface area contributed by atoms with Gasteiger partial charge < -0.3 is 0 Å². The fourth-order valence-corrected chi connectivity index (χ4v) is 3.13. The van der Waals surface area contributed by atoms with Crippen molar-refractivity contribution in [2.24, 2.45) is 0 Å². The number of hydrogen-bond donors (Lipinski definition) is 0. The van der Waals surface area contributed by atoms with Gasteiger partial charge in [0.2, 0.25) is 0 Å². The van der Waals surface area contributed by atoms with Crippen LogP contribution in [0.2, 0.25) is 0 Å². The standard InChI is InChI=1S/C13H8BrN3OS/c14-12-2-1-11(19-12)13-9(8-18)7-17(16-13)10-3-5-15-6-4-10/h1-8H. The summed E-state index contributed by atoms with van der Waals surface area (Å²) < 4.78 is 2.70. The zero-order valence-corrected chi connectivity index (χ0v) is 12.1. The average Bonchev–Trinajstić information content (AvgIpc) is 3.05. The molecule has 0 aliphatic rings. The Labute approximate surface area is 121 Å². The summed E-state index contributed by atoms with van der Waals surface area (Å²) in [6, 6.07) is 7.58. The van der Waals surface area contributed by atoms with E-state index < -0.39 is 0 Å². The Hall–Kier alpha value is -1.79. The van der Waals surface area contributed by atoms with Gasteiger partial charge in [-0.2, -0.15) is 5.10 Å². The van der Waals surface area contributed by atoms with Crippen molar-refractivity contribution in [1.29, 1.82) is 0 Å². The van der Waals surface area contributed by atoms with Gasteiger partial charge in [-0.25, -0.2) is 4.68 Å². The topological polar surface area (TPSA) is 47.8 Å². The zero-order valence-electron chi connectivity index (χ0n) is 9.65. The zero-order chi connectivity index (χ0) is 13.2. The van der Waals surface area contributed by atoms with Crippen molar-refractivity contribution < 1.29 is 4.79 Å². The van der Waals surface area contributed by atoms with Crippen molar-refractivity contribution in [3.05, 3.63) is 52.2 Å². The van der Waals surface area contributed by atoms with Crippen molar-refractivity contribution in [3.8, 4) is 16.3 Å². The van der Waals surface area contributed by atoms with Crippen LogP contribution in [0.15, 0.2) is 46.6 Å². The molecule has 0 fully saturated rings. The van der Waals surface area contributed by atoms with Gasteiger partial charge in [0.15, 0.2) is 6.29 Å². The van der Waals surface area contributed by atoms with Crippen LogP contribution in [0.3, 0.4) is 0 Å². The summed E-state index contributed by atoms with van der Waals surface area (Å²) >= 11 is 4.96. The van der Waals surface area contributed by atoms with E-state index in [9.17, 15) is 4.79 Å². The van der Waals surface area contributed by atoms with Gasteiger partial charge in [-0.15, -0.1) is 11.3 Å². The van der Waals surface area contributed by atoms with Crippen LogP contribution in [0.1, 0.15) is 10.4 Å². The summed E-state index contributed by atoms with van der Waals surface area (Å²) in [7, 11) is 0. The molecule has 0 spiro atoms. The number of aromatic nitrogens is 3. The molecule has 0 aliphatic heterocycles. The van der Waals surface area contributed by atoms with Gasteiger partial charge in [0.05, 0.1) is 19.9 Å². The first-order chi connectivity index (χ1) is 9.28. The van der Waals surface area contributed by atoms with Gasteiger partial charge in [0.25, 0.3) is 0 Å². The molecule has 3 rings (SSSR count). The number of carbonyl (C=O) groups excluding carboxylic acids is 1. The second-order valence-electron chi connectivity index (χ2n) is 3.80. The first-order valence-electron chi connectivity index (χ1n) is 5.49. The number of aldehydes is 1. The van der Waals surface area contributed by atoms with Gasteiger partial charge in [-0.3, -0.25) is 9.78 Å². The van der Waals surface area contributed by atoms with E-state index in [0.29, 0.717) is 11.3 Å². The fraction of sp³-hybridized carbons (Fsp3) is 0. The second-order valence-corrected chi connectivity index (χ2v) is 6.27. The smallest absolute Gasteiger partial charge is 0.153 e. The molecule has 6 heteroatoms. The normalized spacial score (nSPS) is 10.6. The lowest BCUT2D eigenvalue weighted by atomic mass is 10.2. The molecule has 0 atom stereocenters. The fourth-order valence-electron chi connectivity index (χ4n) is 1.74. The molecular formula is C13H8BrN3OS. The van der Waals surface area contributed by atoms with Crippen LogP contribution >= 0.6 is 27.3 Å². The molecule has 3 aromatic heterocycles. The Kier molecular flexibility index (Phi) is 3.27. The third-order valence-electron chi connectivity index (χ3n) is 2.60. The van der Waals surface area contributed by atoms with Crippen LogP contribution in [0.4, 0.5) is 0 Å². The van der Waals surface area contributed by atoms with E-state index in [0.717, 1.165) is 20.6 Å². The Morgan fingerprint density at radius 3 is 2.63 bits per heavy atom. The van der Waals surface area contributed by atoms with Crippen LogP contribution < -0.4 is 0 Å². The van der Waals surface area contributed by atoms with Gasteiger partial charge in [0.1, 0.15) is 5.69 Å². The summed E-state index contributed by atoms with van der Waals surface area (Å²) in [6.45, 7) is 0. The lowest BCUT2D eigenvalue weighted by Crippen LogP contribution is -1.94. The quantitative estimate of drug-likeness (QED) is 0.688. The van der Waals surface area contributed by atoms with E-state index in [1.807, 2.05) is 24.3 Å². The highest BCUT2D eigenvalue weighted by molar-refractivity contribution is 9.11. The minimum Gasteiger partial charge on any atom is -0.298 e. The molecule has 0 unspecified atom stereocenters. The van der Waals surface area contributed by atoms with Crippen molar-refractivity contribution in [1.82, 2.24) is 14.8 Å². The van der Waals surface area contributed by atoms with E-state index in [1.165, 1.54) is 0 Å². The Morgan fingerprint density at radius 2 is 2.00 bits per heavy atom. The van der Waals surface area contributed by atoms with Crippen LogP contribution in [0.25, 0.3) is 16.3 Å². The highest BCUT2D eigenvalue weighted by Crippen LogP contribution is 2.32. The number of thiophene rings is 1. The molecule has 4 nitrogen and oxygen atoms in total. The molecule has 0 saturated carbocycles. The summed E-state index contributed by atoms with van der Waals surface area (Å²) in [5.74, 6) is 0. The molecule has 0 amide bonds. The first-order valence-corrected chi connectivity index (χ1v) is 7.10. The maximum Gasteiger partial charge on any atom is 0.153 e. The molecule has 3 heterocycles. The largest absolute Gasteiger partial charge is 0.298 e. The Bertz CT molecular complexity index is 721. The Morgan fingerprint density at radius 1 is 1.21 bits per heavy atom. The molecule has 94 valence electrons. The predicted molar refractivity (Wildman–Crippen MR) is 77.8 cm³/mol. The monoisotopic (exact) mass is 333 g/mol. The van der Waals surface area contributed by atoms with E-state index in [-0.39, 0.29) is 0 Å². The highest BCUT2D eigenvalue weighted by atomic mass is 79.9. The molecule has 0 bridgehead atoms. The van der Waals surface area contributed by atoms with E-state index in [2.05, 4.69) is 26.0 Å². The van der Waals surface area contributed by atoms with Gasteiger partial charge >= 0.3 is 0 Å².